The van der Waals surface area contributed by atoms with Crippen molar-refractivity contribution in [2.45, 2.75) is 25.4 Å². The van der Waals surface area contributed by atoms with Crippen molar-refractivity contribution < 1.29 is 9.53 Å². The largest absolute Gasteiger partial charge is 0.376 e. The predicted molar refractivity (Wildman–Crippen MR) is 82.0 cm³/mol. The maximum absolute atomic E-state index is 12.5. The lowest BCUT2D eigenvalue weighted by atomic mass is 10.1. The topological polar surface area (TPSA) is 45.7 Å². The van der Waals surface area contributed by atoms with E-state index in [0.29, 0.717) is 13.0 Å². The zero-order chi connectivity index (χ0) is 15.1. The molecule has 0 spiro atoms. The normalized spacial score (nSPS) is 18.1. The first-order valence-electron chi connectivity index (χ1n) is 7.58. The van der Waals surface area contributed by atoms with Crippen LogP contribution >= 0.6 is 0 Å². The number of carbonyl (C=O) groups excluding carboxylic acids is 1. The highest BCUT2D eigenvalue weighted by atomic mass is 16.5. The van der Waals surface area contributed by atoms with Crippen LogP contribution in [0.3, 0.4) is 0 Å². The van der Waals surface area contributed by atoms with Crippen LogP contribution in [0.15, 0.2) is 24.5 Å². The molecule has 0 unspecified atom stereocenters. The number of hydrogen-bond acceptors (Lipinski definition) is 4. The Morgan fingerprint density at radius 1 is 1.43 bits per heavy atom. The fourth-order valence-corrected chi connectivity index (χ4v) is 2.46. The van der Waals surface area contributed by atoms with Gasteiger partial charge in [0.25, 0.3) is 0 Å². The number of ether oxygens (including phenoxy) is 1. The van der Waals surface area contributed by atoms with E-state index in [0.717, 1.165) is 38.1 Å². The van der Waals surface area contributed by atoms with Gasteiger partial charge < -0.3 is 14.5 Å². The average molecular weight is 291 g/mol. The van der Waals surface area contributed by atoms with E-state index in [1.54, 1.807) is 12.4 Å². The van der Waals surface area contributed by atoms with E-state index in [2.05, 4.69) is 9.88 Å². The Kier molecular flexibility index (Phi) is 6.14. The van der Waals surface area contributed by atoms with Gasteiger partial charge in [0.05, 0.1) is 12.5 Å². The molecular weight excluding hydrogens is 266 g/mol. The molecule has 1 aliphatic heterocycles. The predicted octanol–water partition coefficient (Wildman–Crippen LogP) is 1.19. The van der Waals surface area contributed by atoms with E-state index in [-0.39, 0.29) is 12.0 Å². The zero-order valence-electron chi connectivity index (χ0n) is 13.0. The van der Waals surface area contributed by atoms with Crippen molar-refractivity contribution in [2.75, 3.05) is 40.3 Å². The average Bonchev–Trinajstić information content (AvgIpc) is 2.97. The van der Waals surface area contributed by atoms with Crippen LogP contribution < -0.4 is 0 Å². The Hall–Kier alpha value is -1.46. The molecule has 2 rings (SSSR count). The van der Waals surface area contributed by atoms with Gasteiger partial charge in [-0.3, -0.25) is 9.78 Å². The SMILES string of the molecule is CN(C)CCN(C[C@H]1CCCO1)C(=O)Cc1cccnc1. The quantitative estimate of drug-likeness (QED) is 0.757. The summed E-state index contributed by atoms with van der Waals surface area (Å²) in [5, 5.41) is 0. The van der Waals surface area contributed by atoms with E-state index in [1.807, 2.05) is 31.1 Å². The summed E-state index contributed by atoms with van der Waals surface area (Å²) in [5.41, 5.74) is 0.963. The highest BCUT2D eigenvalue weighted by Crippen LogP contribution is 2.14. The summed E-state index contributed by atoms with van der Waals surface area (Å²) in [6.45, 7) is 3.13. The molecule has 1 fully saturated rings. The standard InChI is InChI=1S/C16H25N3O2/c1-18(2)8-9-19(13-15-6-4-10-21-15)16(20)11-14-5-3-7-17-12-14/h3,5,7,12,15H,4,6,8-11,13H2,1-2H3/t15-/m1/s1. The highest BCUT2D eigenvalue weighted by Gasteiger charge is 2.22. The van der Waals surface area contributed by atoms with Crippen LogP contribution in [-0.4, -0.2) is 67.1 Å². The summed E-state index contributed by atoms with van der Waals surface area (Å²) >= 11 is 0. The zero-order valence-corrected chi connectivity index (χ0v) is 13.0. The van der Waals surface area contributed by atoms with E-state index < -0.39 is 0 Å². The van der Waals surface area contributed by atoms with Gasteiger partial charge in [-0.05, 0) is 38.6 Å². The van der Waals surface area contributed by atoms with Crippen molar-refractivity contribution in [1.29, 1.82) is 0 Å². The van der Waals surface area contributed by atoms with Gasteiger partial charge >= 0.3 is 0 Å². The first kappa shape index (κ1) is 15.9. The first-order valence-corrected chi connectivity index (χ1v) is 7.58. The lowest BCUT2D eigenvalue weighted by molar-refractivity contribution is -0.132. The van der Waals surface area contributed by atoms with Gasteiger partial charge in [0, 0.05) is 38.6 Å². The Balaban J connectivity index is 1.93. The third kappa shape index (κ3) is 5.44. The minimum absolute atomic E-state index is 0.153. The Morgan fingerprint density at radius 3 is 2.90 bits per heavy atom. The molecule has 1 aliphatic rings. The van der Waals surface area contributed by atoms with Gasteiger partial charge in [-0.1, -0.05) is 6.07 Å². The number of rotatable bonds is 7. The molecule has 2 heterocycles. The van der Waals surface area contributed by atoms with Gasteiger partial charge in [-0.15, -0.1) is 0 Å². The summed E-state index contributed by atoms with van der Waals surface area (Å²) in [7, 11) is 4.05. The molecule has 0 aromatic carbocycles. The fourth-order valence-electron chi connectivity index (χ4n) is 2.46. The molecule has 1 saturated heterocycles. The van der Waals surface area contributed by atoms with Crippen molar-refractivity contribution in [3.8, 4) is 0 Å². The molecular formula is C16H25N3O2. The molecule has 5 nitrogen and oxygen atoms in total. The lowest BCUT2D eigenvalue weighted by Crippen LogP contribution is -2.42. The van der Waals surface area contributed by atoms with Crippen LogP contribution in [0.2, 0.25) is 0 Å². The second-order valence-electron chi connectivity index (χ2n) is 5.82. The van der Waals surface area contributed by atoms with Crippen molar-refractivity contribution in [3.63, 3.8) is 0 Å². The van der Waals surface area contributed by atoms with E-state index >= 15 is 0 Å². The third-order valence-electron chi connectivity index (χ3n) is 3.70. The molecule has 0 radical (unpaired) electrons. The van der Waals surface area contributed by atoms with Crippen LogP contribution in [0.1, 0.15) is 18.4 Å². The van der Waals surface area contributed by atoms with Crippen molar-refractivity contribution in [2.24, 2.45) is 0 Å². The molecule has 116 valence electrons. The van der Waals surface area contributed by atoms with Crippen molar-refractivity contribution in [3.05, 3.63) is 30.1 Å². The van der Waals surface area contributed by atoms with E-state index in [4.69, 9.17) is 4.74 Å². The molecule has 1 amide bonds. The van der Waals surface area contributed by atoms with E-state index in [1.165, 1.54) is 0 Å². The monoisotopic (exact) mass is 291 g/mol. The molecule has 0 aliphatic carbocycles. The first-order chi connectivity index (χ1) is 10.1. The minimum atomic E-state index is 0.153. The van der Waals surface area contributed by atoms with Crippen LogP contribution in [0.25, 0.3) is 0 Å². The highest BCUT2D eigenvalue weighted by molar-refractivity contribution is 5.78. The molecule has 21 heavy (non-hydrogen) atoms. The minimum Gasteiger partial charge on any atom is -0.376 e. The third-order valence-corrected chi connectivity index (χ3v) is 3.70. The fraction of sp³-hybridized carbons (Fsp3) is 0.625. The molecule has 1 aromatic heterocycles. The van der Waals surface area contributed by atoms with Gasteiger partial charge in [-0.25, -0.2) is 0 Å². The maximum atomic E-state index is 12.5. The summed E-state index contributed by atoms with van der Waals surface area (Å²) < 4.78 is 5.67. The van der Waals surface area contributed by atoms with Crippen LogP contribution in [0.4, 0.5) is 0 Å². The van der Waals surface area contributed by atoms with Crippen LogP contribution in [0, 0.1) is 0 Å². The summed E-state index contributed by atoms with van der Waals surface area (Å²) in [6.07, 6.45) is 6.25. The van der Waals surface area contributed by atoms with Crippen molar-refractivity contribution in [1.82, 2.24) is 14.8 Å². The molecule has 0 saturated carbocycles. The number of pyridine rings is 1. The van der Waals surface area contributed by atoms with Crippen LogP contribution in [-0.2, 0) is 16.0 Å². The van der Waals surface area contributed by atoms with Crippen LogP contribution in [0.5, 0.6) is 0 Å². The Bertz CT molecular complexity index is 430. The molecule has 0 N–H and O–H groups in total. The second kappa shape index (κ2) is 8.10. The summed E-state index contributed by atoms with van der Waals surface area (Å²) in [5.74, 6) is 0.153. The Morgan fingerprint density at radius 2 is 2.29 bits per heavy atom. The number of hydrogen-bond donors (Lipinski definition) is 0. The van der Waals surface area contributed by atoms with Gasteiger partial charge in [0.15, 0.2) is 0 Å². The number of likely N-dealkylation sites (N-methyl/N-ethyl adjacent to an activating group) is 1. The van der Waals surface area contributed by atoms with E-state index in [9.17, 15) is 4.79 Å². The number of amides is 1. The molecule has 5 heteroatoms. The van der Waals surface area contributed by atoms with Gasteiger partial charge in [0.1, 0.15) is 0 Å². The maximum Gasteiger partial charge on any atom is 0.227 e. The molecule has 1 atom stereocenters. The second-order valence-corrected chi connectivity index (χ2v) is 5.82. The molecule has 1 aromatic rings. The smallest absolute Gasteiger partial charge is 0.227 e. The molecule has 0 bridgehead atoms. The number of carbonyl (C=O) groups is 1. The Labute approximate surface area is 126 Å². The lowest BCUT2D eigenvalue weighted by Gasteiger charge is -2.27. The van der Waals surface area contributed by atoms with Crippen molar-refractivity contribution >= 4 is 5.91 Å². The summed E-state index contributed by atoms with van der Waals surface area (Å²) in [6, 6.07) is 3.81. The number of nitrogens with zero attached hydrogens (tertiary/aromatic N) is 3. The number of aromatic nitrogens is 1. The van der Waals surface area contributed by atoms with Gasteiger partial charge in [0.2, 0.25) is 5.91 Å². The summed E-state index contributed by atoms with van der Waals surface area (Å²) in [4.78, 5) is 20.6. The van der Waals surface area contributed by atoms with Gasteiger partial charge in [-0.2, -0.15) is 0 Å².